The van der Waals surface area contributed by atoms with E-state index in [1.807, 2.05) is 12.1 Å². The second kappa shape index (κ2) is 12.4. The number of aromatic nitrogens is 3. The number of pyridine rings is 1. The first-order valence-electron chi connectivity index (χ1n) is 16.8. The van der Waals surface area contributed by atoms with Crippen LogP contribution in [0.3, 0.4) is 0 Å². The summed E-state index contributed by atoms with van der Waals surface area (Å²) in [6, 6.07) is 21.9. The number of aromatic hydroxyl groups is 1. The second-order valence-corrected chi connectivity index (χ2v) is 14.8. The van der Waals surface area contributed by atoms with Crippen molar-refractivity contribution < 1.29 is 23.9 Å². The van der Waals surface area contributed by atoms with Gasteiger partial charge in [0, 0.05) is 18.2 Å². The molecule has 0 bridgehead atoms. The Morgan fingerprint density at radius 2 is 1.58 bits per heavy atom. The molecule has 3 aliphatic rings. The van der Waals surface area contributed by atoms with E-state index in [9.17, 15) is 29.1 Å². The maximum absolute atomic E-state index is 14.4. The highest BCUT2D eigenvalue weighted by Crippen LogP contribution is 2.48. The lowest BCUT2D eigenvalue weighted by molar-refractivity contribution is -0.125. The van der Waals surface area contributed by atoms with Crippen LogP contribution in [-0.2, 0) is 27.1 Å². The molecular formula is C39H30Cl2FN7O4. The van der Waals surface area contributed by atoms with Gasteiger partial charge in [0.05, 0.1) is 44.8 Å². The highest BCUT2D eigenvalue weighted by atomic mass is 35.5. The Morgan fingerprint density at radius 3 is 2.17 bits per heavy atom. The van der Waals surface area contributed by atoms with Crippen LogP contribution in [0.2, 0.25) is 10.0 Å². The highest BCUT2D eigenvalue weighted by Gasteiger charge is 2.57. The maximum Gasteiger partial charge on any atom is 0.270 e. The molecule has 8 rings (SSSR count). The molecule has 0 radical (unpaired) electrons. The van der Waals surface area contributed by atoms with Gasteiger partial charge in [-0.15, -0.1) is 0 Å². The van der Waals surface area contributed by atoms with E-state index in [2.05, 4.69) is 26.7 Å². The largest absolute Gasteiger partial charge is 0.508 e. The van der Waals surface area contributed by atoms with Gasteiger partial charge in [0.25, 0.3) is 11.8 Å². The Balaban J connectivity index is 1.07. The SMILES string of the molecule is C[C@@]1(Cc2ccc(C#N)cc2)C(=O)N(c2cc(Cl)c(F)c(Cl)c2)c2ncc(C(=O)NC3(C(=O)NC4(c5ccc(-c6ccc(O)cc6)cn5)CC4)CC3)n21. The Kier molecular flexibility index (Phi) is 8.05. The first-order valence-corrected chi connectivity index (χ1v) is 17.6. The molecule has 3 amide bonds. The minimum atomic E-state index is -1.42. The third-order valence-electron chi connectivity index (χ3n) is 10.3. The minimum Gasteiger partial charge on any atom is -0.508 e. The van der Waals surface area contributed by atoms with E-state index in [0.29, 0.717) is 42.5 Å². The average Bonchev–Trinajstić information content (AvgIpc) is 4.06. The van der Waals surface area contributed by atoms with E-state index in [4.69, 9.17) is 23.2 Å². The lowest BCUT2D eigenvalue weighted by atomic mass is 9.91. The van der Waals surface area contributed by atoms with E-state index in [1.54, 1.807) is 61.7 Å². The molecule has 3 N–H and O–H groups in total. The summed E-state index contributed by atoms with van der Waals surface area (Å²) in [7, 11) is 0. The number of hydrogen-bond acceptors (Lipinski definition) is 7. The van der Waals surface area contributed by atoms with Crippen molar-refractivity contribution in [1.29, 1.82) is 5.26 Å². The summed E-state index contributed by atoms with van der Waals surface area (Å²) in [4.78, 5) is 52.8. The standard InChI is InChI=1S/C39H30Cl2FN7O4/c1-37(18-22-2-4-23(19-43)5-3-22)35(53)48(26-16-28(40)32(42)29(41)17-26)36-45-21-30(49(36)37)33(51)46-39(14-15-39)34(52)47-38(12-13-38)31-11-8-25(20-44-31)24-6-9-27(50)10-7-24/h2-11,16-17,20-21,50H,12-15,18H2,1H3,(H,46,51)(H,47,52)/t37-/m1/s1. The number of phenols is 1. The van der Waals surface area contributed by atoms with E-state index in [-0.39, 0.29) is 45.5 Å². The number of nitrogens with one attached hydrogen (secondary N) is 2. The molecule has 0 saturated heterocycles. The van der Waals surface area contributed by atoms with Gasteiger partial charge in [-0.25, -0.2) is 14.3 Å². The second-order valence-electron chi connectivity index (χ2n) is 14.0. The number of hydrogen-bond donors (Lipinski definition) is 3. The molecular weight excluding hydrogens is 720 g/mol. The number of halogens is 3. The molecule has 2 aliphatic carbocycles. The summed E-state index contributed by atoms with van der Waals surface area (Å²) in [5, 5.41) is 24.4. The lowest BCUT2D eigenvalue weighted by Crippen LogP contribution is -2.52. The van der Waals surface area contributed by atoms with Gasteiger partial charge < -0.3 is 15.7 Å². The number of benzene rings is 3. The van der Waals surface area contributed by atoms with E-state index in [0.717, 1.165) is 11.1 Å². The number of phenolic OH excluding ortho intramolecular Hbond substituents is 1. The molecule has 1 atom stereocenters. The third kappa shape index (κ3) is 5.86. The number of imidazole rings is 1. The number of carbonyl (C=O) groups is 3. The van der Waals surface area contributed by atoms with Crippen molar-refractivity contribution >= 4 is 52.6 Å². The lowest BCUT2D eigenvalue weighted by Gasteiger charge is -2.27. The molecule has 53 heavy (non-hydrogen) atoms. The van der Waals surface area contributed by atoms with Crippen molar-refractivity contribution in [2.45, 2.75) is 55.6 Å². The zero-order valence-electron chi connectivity index (χ0n) is 28.2. The predicted molar refractivity (Wildman–Crippen MR) is 194 cm³/mol. The fraction of sp³-hybridized carbons (Fsp3) is 0.231. The molecule has 266 valence electrons. The van der Waals surface area contributed by atoms with Crippen molar-refractivity contribution in [3.05, 3.63) is 124 Å². The van der Waals surface area contributed by atoms with E-state index in [1.165, 1.54) is 27.8 Å². The summed E-state index contributed by atoms with van der Waals surface area (Å²) in [5.74, 6) is -1.99. The molecule has 2 fully saturated rings. The van der Waals surface area contributed by atoms with Crippen LogP contribution in [0.1, 0.15) is 59.9 Å². The Labute approximate surface area is 313 Å². The summed E-state index contributed by atoms with van der Waals surface area (Å²) in [6.45, 7) is 1.67. The minimum absolute atomic E-state index is 0.0398. The molecule has 5 aromatic rings. The number of nitrogens with zero attached hydrogens (tertiary/aromatic N) is 5. The number of anilines is 2. The molecule has 1 aliphatic heterocycles. The van der Waals surface area contributed by atoms with Crippen LogP contribution in [0.4, 0.5) is 16.0 Å². The van der Waals surface area contributed by atoms with Crippen LogP contribution in [0.5, 0.6) is 5.75 Å². The topological polar surface area (TPSA) is 153 Å². The smallest absolute Gasteiger partial charge is 0.270 e. The third-order valence-corrected chi connectivity index (χ3v) is 10.8. The predicted octanol–water partition coefficient (Wildman–Crippen LogP) is 6.67. The van der Waals surface area contributed by atoms with E-state index < -0.39 is 34.2 Å². The molecule has 14 heteroatoms. The number of carbonyl (C=O) groups excluding carboxylic acids is 3. The summed E-state index contributed by atoms with van der Waals surface area (Å²) in [6.07, 6.45) is 5.37. The zero-order valence-corrected chi connectivity index (χ0v) is 29.7. The number of fused-ring (bicyclic) bond motifs is 1. The number of amides is 3. The van der Waals surface area contributed by atoms with Gasteiger partial charge in [-0.3, -0.25) is 23.9 Å². The van der Waals surface area contributed by atoms with Crippen molar-refractivity contribution in [1.82, 2.24) is 25.2 Å². The molecule has 0 spiro atoms. The van der Waals surface area contributed by atoms with Gasteiger partial charge in [-0.1, -0.05) is 53.5 Å². The highest BCUT2D eigenvalue weighted by molar-refractivity contribution is 6.35. The van der Waals surface area contributed by atoms with E-state index >= 15 is 0 Å². The molecule has 11 nitrogen and oxygen atoms in total. The quantitative estimate of drug-likeness (QED) is 0.142. The van der Waals surface area contributed by atoms with Gasteiger partial charge >= 0.3 is 0 Å². The fourth-order valence-corrected chi connectivity index (χ4v) is 7.43. The number of nitriles is 1. The Morgan fingerprint density at radius 1 is 0.925 bits per heavy atom. The van der Waals surface area contributed by atoms with Crippen molar-refractivity contribution in [3.63, 3.8) is 0 Å². The van der Waals surface area contributed by atoms with Gasteiger partial charge in [-0.05, 0) is 86.2 Å². The Bertz CT molecular complexity index is 2340. The molecule has 2 aromatic heterocycles. The summed E-state index contributed by atoms with van der Waals surface area (Å²) in [5.41, 5.74) is 0.566. The molecule has 3 heterocycles. The van der Waals surface area contributed by atoms with Gasteiger partial charge in [-0.2, -0.15) is 5.26 Å². The van der Waals surface area contributed by atoms with Crippen LogP contribution in [0, 0.1) is 17.1 Å². The summed E-state index contributed by atoms with van der Waals surface area (Å²) >= 11 is 12.3. The van der Waals surface area contributed by atoms with Gasteiger partial charge in [0.15, 0.2) is 5.82 Å². The van der Waals surface area contributed by atoms with Crippen molar-refractivity contribution in [3.8, 4) is 22.9 Å². The summed E-state index contributed by atoms with van der Waals surface area (Å²) < 4.78 is 15.9. The first kappa shape index (κ1) is 34.3. The van der Waals surface area contributed by atoms with Crippen molar-refractivity contribution in [2.75, 3.05) is 4.90 Å². The molecule has 3 aromatic carbocycles. The van der Waals surface area contributed by atoms with Crippen LogP contribution >= 0.6 is 23.2 Å². The fourth-order valence-electron chi connectivity index (χ4n) is 6.95. The van der Waals surface area contributed by atoms with Crippen molar-refractivity contribution in [2.24, 2.45) is 0 Å². The Hall–Kier alpha value is -5.77. The maximum atomic E-state index is 14.4. The average molecular weight is 751 g/mol. The van der Waals surface area contributed by atoms with Crippen LogP contribution in [-0.4, -0.2) is 42.9 Å². The zero-order chi connectivity index (χ0) is 37.3. The van der Waals surface area contributed by atoms with Gasteiger partial charge in [0.2, 0.25) is 11.9 Å². The van der Waals surface area contributed by atoms with Crippen LogP contribution in [0.15, 0.2) is 85.2 Å². The van der Waals surface area contributed by atoms with Gasteiger partial charge in [0.1, 0.15) is 22.5 Å². The number of rotatable bonds is 9. The van der Waals surface area contributed by atoms with Crippen LogP contribution < -0.4 is 15.5 Å². The van der Waals surface area contributed by atoms with Crippen LogP contribution in [0.25, 0.3) is 11.1 Å². The molecule has 2 saturated carbocycles. The first-order chi connectivity index (χ1) is 25.4. The normalized spacial score (nSPS) is 18.9. The molecule has 0 unspecified atom stereocenters. The monoisotopic (exact) mass is 749 g/mol.